The molecule has 0 spiro atoms. The van der Waals surface area contributed by atoms with Crippen LogP contribution in [0.3, 0.4) is 0 Å². The average molecular weight is 122 g/mol. The number of nitrogens with two attached hydrogens (primary N) is 1. The number of aryl methyl sites for hydroxylation is 2. The van der Waals surface area contributed by atoms with Crippen LogP contribution in [0.15, 0.2) is 6.07 Å². The van der Waals surface area contributed by atoms with E-state index in [1.165, 1.54) is 30.5 Å². The number of nitrogens with one attached hydrogen (secondary N) is 1. The molecule has 2 nitrogen and oxygen atoms in total. The van der Waals surface area contributed by atoms with Crippen molar-refractivity contribution in [2.24, 2.45) is 0 Å². The van der Waals surface area contributed by atoms with Crippen molar-refractivity contribution >= 4 is 5.82 Å². The van der Waals surface area contributed by atoms with Gasteiger partial charge in [0.25, 0.3) is 0 Å². The molecule has 0 aliphatic heterocycles. The van der Waals surface area contributed by atoms with Crippen LogP contribution in [0, 0.1) is 0 Å². The lowest BCUT2D eigenvalue weighted by atomic mass is 10.3. The van der Waals surface area contributed by atoms with Gasteiger partial charge in [0.15, 0.2) is 0 Å². The summed E-state index contributed by atoms with van der Waals surface area (Å²) >= 11 is 0. The molecule has 1 aliphatic carbocycles. The van der Waals surface area contributed by atoms with Gasteiger partial charge in [-0.15, -0.1) is 0 Å². The molecule has 0 bridgehead atoms. The van der Waals surface area contributed by atoms with Crippen molar-refractivity contribution in [3.63, 3.8) is 0 Å². The third-order valence-corrected chi connectivity index (χ3v) is 1.89. The summed E-state index contributed by atoms with van der Waals surface area (Å²) in [5.41, 5.74) is 8.31. The van der Waals surface area contributed by atoms with E-state index in [2.05, 4.69) is 4.98 Å². The Morgan fingerprint density at radius 1 is 1.44 bits per heavy atom. The molecule has 2 heteroatoms. The molecule has 0 saturated heterocycles. The largest absolute Gasteiger partial charge is 0.385 e. The van der Waals surface area contributed by atoms with Crippen LogP contribution in [0.5, 0.6) is 0 Å². The monoisotopic (exact) mass is 122 g/mol. The first-order valence-corrected chi connectivity index (χ1v) is 3.32. The molecular formula is C7H10N2. The summed E-state index contributed by atoms with van der Waals surface area (Å²) in [6, 6.07) is 2.04. The van der Waals surface area contributed by atoms with Crippen LogP contribution in [0.4, 0.5) is 5.82 Å². The van der Waals surface area contributed by atoms with Crippen molar-refractivity contribution in [1.82, 2.24) is 4.98 Å². The fourth-order valence-corrected chi connectivity index (χ4v) is 1.47. The Morgan fingerprint density at radius 3 is 3.11 bits per heavy atom. The SMILES string of the molecule is Nc1cc2c([nH]1)CCC2. The minimum absolute atomic E-state index is 0.819. The van der Waals surface area contributed by atoms with Crippen LogP contribution in [-0.4, -0.2) is 4.98 Å². The lowest BCUT2D eigenvalue weighted by molar-refractivity contribution is 0.894. The standard InChI is InChI=1S/C7H10N2/c8-7-4-5-2-1-3-6(5)9-7/h4,9H,1-3,8H2. The molecule has 1 aromatic rings. The van der Waals surface area contributed by atoms with Gasteiger partial charge in [-0.3, -0.25) is 0 Å². The number of H-pyrrole nitrogens is 1. The van der Waals surface area contributed by atoms with Crippen LogP contribution in [0.2, 0.25) is 0 Å². The van der Waals surface area contributed by atoms with Gasteiger partial charge in [0.1, 0.15) is 5.82 Å². The Kier molecular flexibility index (Phi) is 0.835. The first kappa shape index (κ1) is 4.91. The highest BCUT2D eigenvalue weighted by Gasteiger charge is 2.11. The third-order valence-electron chi connectivity index (χ3n) is 1.89. The fourth-order valence-electron chi connectivity index (χ4n) is 1.47. The normalized spacial score (nSPS) is 16.0. The topological polar surface area (TPSA) is 41.8 Å². The molecule has 9 heavy (non-hydrogen) atoms. The second-order valence-electron chi connectivity index (χ2n) is 2.58. The van der Waals surface area contributed by atoms with Crippen molar-refractivity contribution < 1.29 is 0 Å². The van der Waals surface area contributed by atoms with Crippen LogP contribution >= 0.6 is 0 Å². The van der Waals surface area contributed by atoms with Crippen LogP contribution in [0.1, 0.15) is 17.7 Å². The maximum absolute atomic E-state index is 5.53. The quantitative estimate of drug-likeness (QED) is 0.531. The Labute approximate surface area is 54.1 Å². The zero-order valence-electron chi connectivity index (χ0n) is 5.28. The van der Waals surface area contributed by atoms with Gasteiger partial charge in [0.05, 0.1) is 0 Å². The fraction of sp³-hybridized carbons (Fsp3) is 0.429. The molecule has 0 amide bonds. The Bertz CT molecular complexity index is 203. The zero-order valence-corrected chi connectivity index (χ0v) is 5.28. The van der Waals surface area contributed by atoms with E-state index in [4.69, 9.17) is 5.73 Å². The van der Waals surface area contributed by atoms with Gasteiger partial charge in [0.2, 0.25) is 0 Å². The highest BCUT2D eigenvalue weighted by atomic mass is 14.9. The first-order valence-electron chi connectivity index (χ1n) is 3.32. The molecule has 0 radical (unpaired) electrons. The molecule has 0 atom stereocenters. The summed E-state index contributed by atoms with van der Waals surface area (Å²) in [4.78, 5) is 3.13. The summed E-state index contributed by atoms with van der Waals surface area (Å²) < 4.78 is 0. The van der Waals surface area contributed by atoms with Crippen LogP contribution < -0.4 is 5.73 Å². The van der Waals surface area contributed by atoms with Gasteiger partial charge < -0.3 is 10.7 Å². The van der Waals surface area contributed by atoms with E-state index < -0.39 is 0 Å². The van der Waals surface area contributed by atoms with Gasteiger partial charge in [-0.05, 0) is 30.9 Å². The van der Waals surface area contributed by atoms with Crippen molar-refractivity contribution in [2.45, 2.75) is 19.3 Å². The van der Waals surface area contributed by atoms with E-state index in [-0.39, 0.29) is 0 Å². The molecule has 1 aliphatic rings. The second-order valence-corrected chi connectivity index (χ2v) is 2.58. The smallest absolute Gasteiger partial charge is 0.101 e. The predicted molar refractivity (Wildman–Crippen MR) is 37.2 cm³/mol. The lowest BCUT2D eigenvalue weighted by Gasteiger charge is -1.84. The van der Waals surface area contributed by atoms with Crippen molar-refractivity contribution in [2.75, 3.05) is 5.73 Å². The molecule has 48 valence electrons. The molecule has 1 heterocycles. The number of hydrogen-bond donors (Lipinski definition) is 2. The van der Waals surface area contributed by atoms with E-state index in [0.717, 1.165) is 5.82 Å². The molecule has 0 aromatic carbocycles. The molecule has 3 N–H and O–H groups in total. The maximum atomic E-state index is 5.53. The number of anilines is 1. The number of aromatic amines is 1. The van der Waals surface area contributed by atoms with Gasteiger partial charge in [-0.2, -0.15) is 0 Å². The summed E-state index contributed by atoms with van der Waals surface area (Å²) in [5, 5.41) is 0. The van der Waals surface area contributed by atoms with Crippen molar-refractivity contribution in [3.8, 4) is 0 Å². The summed E-state index contributed by atoms with van der Waals surface area (Å²) in [7, 11) is 0. The van der Waals surface area contributed by atoms with E-state index in [0.29, 0.717) is 0 Å². The predicted octanol–water partition coefficient (Wildman–Crippen LogP) is 1.09. The first-order chi connectivity index (χ1) is 4.36. The number of rotatable bonds is 0. The van der Waals surface area contributed by atoms with E-state index in [9.17, 15) is 0 Å². The van der Waals surface area contributed by atoms with Crippen LogP contribution in [-0.2, 0) is 12.8 Å². The van der Waals surface area contributed by atoms with Crippen LogP contribution in [0.25, 0.3) is 0 Å². The Morgan fingerprint density at radius 2 is 2.33 bits per heavy atom. The van der Waals surface area contributed by atoms with Gasteiger partial charge in [-0.25, -0.2) is 0 Å². The summed E-state index contributed by atoms with van der Waals surface area (Å²) in [5.74, 6) is 0.819. The molecule has 1 aromatic heterocycles. The molecular weight excluding hydrogens is 112 g/mol. The Hall–Kier alpha value is -0.920. The minimum Gasteiger partial charge on any atom is -0.385 e. The van der Waals surface area contributed by atoms with E-state index in [1.807, 2.05) is 6.07 Å². The molecule has 0 unspecified atom stereocenters. The minimum atomic E-state index is 0.819. The highest BCUT2D eigenvalue weighted by molar-refractivity contribution is 5.40. The number of hydrogen-bond acceptors (Lipinski definition) is 1. The number of nitrogen functional groups attached to an aromatic ring is 1. The molecule has 2 rings (SSSR count). The summed E-state index contributed by atoms with van der Waals surface area (Å²) in [6.45, 7) is 0. The van der Waals surface area contributed by atoms with Gasteiger partial charge in [-0.1, -0.05) is 0 Å². The zero-order chi connectivity index (χ0) is 6.27. The number of fused-ring (bicyclic) bond motifs is 1. The van der Waals surface area contributed by atoms with Gasteiger partial charge >= 0.3 is 0 Å². The third kappa shape index (κ3) is 0.626. The number of aromatic nitrogens is 1. The molecule has 0 fully saturated rings. The Balaban J connectivity index is 2.51. The highest BCUT2D eigenvalue weighted by Crippen LogP contribution is 2.22. The summed E-state index contributed by atoms with van der Waals surface area (Å²) in [6.07, 6.45) is 3.69. The van der Waals surface area contributed by atoms with Gasteiger partial charge in [0, 0.05) is 5.69 Å². The second kappa shape index (κ2) is 1.53. The average Bonchev–Trinajstić information content (AvgIpc) is 2.22. The lowest BCUT2D eigenvalue weighted by Crippen LogP contribution is -1.84. The van der Waals surface area contributed by atoms with E-state index in [1.54, 1.807) is 0 Å². The van der Waals surface area contributed by atoms with E-state index >= 15 is 0 Å². The van der Waals surface area contributed by atoms with Crippen molar-refractivity contribution in [1.29, 1.82) is 0 Å². The molecule has 0 saturated carbocycles. The maximum Gasteiger partial charge on any atom is 0.101 e. The van der Waals surface area contributed by atoms with Crippen molar-refractivity contribution in [3.05, 3.63) is 17.3 Å².